The molecule has 160 valence electrons. The molecule has 0 aromatic heterocycles. The summed E-state index contributed by atoms with van der Waals surface area (Å²) < 4.78 is 5.04. The van der Waals surface area contributed by atoms with Crippen LogP contribution in [0.5, 0.6) is 0 Å². The number of amides is 1. The number of rotatable bonds is 7. The molecule has 3 rings (SSSR count). The summed E-state index contributed by atoms with van der Waals surface area (Å²) in [6.07, 6.45) is 3.56. The number of halogens is 1. The maximum atomic E-state index is 12.5. The molecule has 1 aliphatic rings. The number of primary amides is 1. The van der Waals surface area contributed by atoms with Gasteiger partial charge in [0.05, 0.1) is 18.1 Å². The quantitative estimate of drug-likeness (QED) is 0.638. The van der Waals surface area contributed by atoms with E-state index in [4.69, 9.17) is 22.1 Å². The first-order chi connectivity index (χ1) is 14.4. The minimum Gasteiger partial charge on any atom is -0.462 e. The molecule has 0 radical (unpaired) electrons. The van der Waals surface area contributed by atoms with Gasteiger partial charge in [-0.15, -0.1) is 0 Å². The monoisotopic (exact) mass is 428 g/mol. The van der Waals surface area contributed by atoms with E-state index >= 15 is 0 Å². The first-order valence-corrected chi connectivity index (χ1v) is 10.9. The maximum Gasteiger partial charge on any atom is 0.338 e. The molecule has 1 fully saturated rings. The molecule has 5 nitrogen and oxygen atoms in total. The van der Waals surface area contributed by atoms with Gasteiger partial charge in [0.1, 0.15) is 0 Å². The minimum absolute atomic E-state index is 0.174. The van der Waals surface area contributed by atoms with Crippen molar-refractivity contribution >= 4 is 29.2 Å². The van der Waals surface area contributed by atoms with Crippen molar-refractivity contribution < 1.29 is 14.3 Å². The highest BCUT2D eigenvalue weighted by Crippen LogP contribution is 2.39. The Morgan fingerprint density at radius 2 is 1.77 bits per heavy atom. The Morgan fingerprint density at radius 1 is 1.10 bits per heavy atom. The van der Waals surface area contributed by atoms with Gasteiger partial charge >= 0.3 is 5.97 Å². The van der Waals surface area contributed by atoms with Crippen molar-refractivity contribution in [3.05, 3.63) is 64.2 Å². The fourth-order valence-electron chi connectivity index (χ4n) is 4.23. The lowest BCUT2D eigenvalue weighted by molar-refractivity contribution is -0.119. The molecule has 0 saturated carbocycles. The van der Waals surface area contributed by atoms with Crippen molar-refractivity contribution in [1.82, 2.24) is 0 Å². The van der Waals surface area contributed by atoms with E-state index in [9.17, 15) is 9.59 Å². The normalized spacial score (nSPS) is 16.0. The van der Waals surface area contributed by atoms with Crippen LogP contribution in [0.3, 0.4) is 0 Å². The third-order valence-corrected chi connectivity index (χ3v) is 6.00. The smallest absolute Gasteiger partial charge is 0.338 e. The van der Waals surface area contributed by atoms with E-state index < -0.39 is 11.8 Å². The number of nitrogens with two attached hydrogens (primary N) is 1. The van der Waals surface area contributed by atoms with Crippen LogP contribution in [0.25, 0.3) is 0 Å². The number of carbonyl (C=O) groups is 2. The lowest BCUT2D eigenvalue weighted by atomic mass is 9.81. The van der Waals surface area contributed by atoms with E-state index in [1.165, 1.54) is 6.42 Å². The number of benzene rings is 2. The number of ether oxygens (including phenoxy) is 1. The zero-order valence-corrected chi connectivity index (χ0v) is 18.3. The van der Waals surface area contributed by atoms with E-state index in [-0.39, 0.29) is 11.9 Å². The van der Waals surface area contributed by atoms with Crippen LogP contribution in [0, 0.1) is 0 Å². The third-order valence-electron chi connectivity index (χ3n) is 5.76. The number of piperidine rings is 1. The van der Waals surface area contributed by atoms with Gasteiger partial charge in [-0.25, -0.2) is 4.79 Å². The van der Waals surface area contributed by atoms with E-state index in [2.05, 4.69) is 4.90 Å². The fraction of sp³-hybridized carbons (Fsp3) is 0.417. The van der Waals surface area contributed by atoms with Crippen molar-refractivity contribution in [2.75, 3.05) is 24.6 Å². The molecule has 2 aromatic rings. The van der Waals surface area contributed by atoms with E-state index in [1.807, 2.05) is 25.1 Å². The number of carbonyl (C=O) groups excluding carboxylic acids is 2. The summed E-state index contributed by atoms with van der Waals surface area (Å²) in [6, 6.07) is 12.8. The highest BCUT2D eigenvalue weighted by atomic mass is 35.5. The van der Waals surface area contributed by atoms with Gasteiger partial charge in [0, 0.05) is 23.8 Å². The van der Waals surface area contributed by atoms with Gasteiger partial charge in [-0.1, -0.05) is 30.7 Å². The predicted molar refractivity (Wildman–Crippen MR) is 120 cm³/mol. The standard InChI is InChI=1S/C24H29ClN2O3/c1-3-30-24(29)18-9-7-17(8-10-18)22(23(26)28)16(2)20-15-19(25)11-12-21(20)27-13-5-4-6-14-27/h7-12,15-16,22H,3-6,13-14H2,1-2H3,(H2,26,28). The first kappa shape index (κ1) is 22.2. The van der Waals surface area contributed by atoms with Gasteiger partial charge in [0.2, 0.25) is 5.91 Å². The van der Waals surface area contributed by atoms with Crippen LogP contribution in [0.2, 0.25) is 5.02 Å². The minimum atomic E-state index is -0.539. The average molecular weight is 429 g/mol. The summed E-state index contributed by atoms with van der Waals surface area (Å²) in [6.45, 7) is 6.08. The molecule has 2 N–H and O–H groups in total. The fourth-order valence-corrected chi connectivity index (χ4v) is 4.41. The number of esters is 1. The van der Waals surface area contributed by atoms with E-state index in [1.54, 1.807) is 31.2 Å². The Morgan fingerprint density at radius 3 is 2.37 bits per heavy atom. The summed E-state index contributed by atoms with van der Waals surface area (Å²) in [4.78, 5) is 26.8. The molecule has 0 bridgehead atoms. The number of hydrogen-bond donors (Lipinski definition) is 1. The van der Waals surface area contributed by atoms with Crippen LogP contribution >= 0.6 is 11.6 Å². The molecule has 1 heterocycles. The van der Waals surface area contributed by atoms with E-state index in [0.717, 1.165) is 42.7 Å². The van der Waals surface area contributed by atoms with Crippen LogP contribution in [0.1, 0.15) is 66.4 Å². The van der Waals surface area contributed by atoms with Crippen LogP contribution in [0.15, 0.2) is 42.5 Å². The average Bonchev–Trinajstić information content (AvgIpc) is 2.75. The Bertz CT molecular complexity index is 892. The Labute approximate surface area is 183 Å². The molecule has 0 spiro atoms. The number of anilines is 1. The molecule has 1 amide bonds. The summed E-state index contributed by atoms with van der Waals surface area (Å²) >= 11 is 6.33. The van der Waals surface area contributed by atoms with Gasteiger partial charge < -0.3 is 15.4 Å². The van der Waals surface area contributed by atoms with Crippen molar-refractivity contribution in [1.29, 1.82) is 0 Å². The molecule has 30 heavy (non-hydrogen) atoms. The topological polar surface area (TPSA) is 72.6 Å². The van der Waals surface area contributed by atoms with E-state index in [0.29, 0.717) is 17.2 Å². The molecular weight excluding hydrogens is 400 g/mol. The number of nitrogens with zero attached hydrogens (tertiary/aromatic N) is 1. The van der Waals surface area contributed by atoms with Crippen molar-refractivity contribution in [2.24, 2.45) is 5.73 Å². The second kappa shape index (κ2) is 9.98. The van der Waals surface area contributed by atoms with Gasteiger partial charge in [0.15, 0.2) is 0 Å². The van der Waals surface area contributed by atoms with Crippen LogP contribution in [0.4, 0.5) is 5.69 Å². The Hall–Kier alpha value is -2.53. The largest absolute Gasteiger partial charge is 0.462 e. The van der Waals surface area contributed by atoms with Gasteiger partial charge in [0.25, 0.3) is 0 Å². The molecule has 1 aliphatic heterocycles. The summed E-state index contributed by atoms with van der Waals surface area (Å²) in [5, 5.41) is 0.637. The third kappa shape index (κ3) is 4.96. The van der Waals surface area contributed by atoms with Crippen LogP contribution < -0.4 is 10.6 Å². The zero-order valence-electron chi connectivity index (χ0n) is 17.6. The lowest BCUT2D eigenvalue weighted by Crippen LogP contribution is -2.32. The summed E-state index contributed by atoms with van der Waals surface area (Å²) in [5.41, 5.74) is 9.19. The van der Waals surface area contributed by atoms with Crippen molar-refractivity contribution in [2.45, 2.75) is 44.9 Å². The Kier molecular flexibility index (Phi) is 7.38. The molecular formula is C24H29ClN2O3. The molecule has 2 aromatic carbocycles. The first-order valence-electron chi connectivity index (χ1n) is 10.5. The molecule has 6 heteroatoms. The molecule has 1 saturated heterocycles. The Balaban J connectivity index is 1.94. The summed E-state index contributed by atoms with van der Waals surface area (Å²) in [7, 11) is 0. The molecule has 0 aliphatic carbocycles. The van der Waals surface area contributed by atoms with Gasteiger partial charge in [-0.05, 0) is 73.6 Å². The molecule has 2 unspecified atom stereocenters. The lowest BCUT2D eigenvalue weighted by Gasteiger charge is -2.33. The second-order valence-corrected chi connectivity index (χ2v) is 8.20. The second-order valence-electron chi connectivity index (χ2n) is 7.76. The highest BCUT2D eigenvalue weighted by Gasteiger charge is 2.29. The van der Waals surface area contributed by atoms with Gasteiger partial charge in [-0.3, -0.25) is 4.79 Å². The van der Waals surface area contributed by atoms with Crippen molar-refractivity contribution in [3.8, 4) is 0 Å². The van der Waals surface area contributed by atoms with Gasteiger partial charge in [-0.2, -0.15) is 0 Å². The SMILES string of the molecule is CCOC(=O)c1ccc(C(C(N)=O)C(C)c2cc(Cl)ccc2N2CCCCC2)cc1. The number of hydrogen-bond acceptors (Lipinski definition) is 4. The van der Waals surface area contributed by atoms with Crippen LogP contribution in [-0.4, -0.2) is 31.6 Å². The highest BCUT2D eigenvalue weighted by molar-refractivity contribution is 6.30. The van der Waals surface area contributed by atoms with Crippen LogP contribution in [-0.2, 0) is 9.53 Å². The summed E-state index contributed by atoms with van der Waals surface area (Å²) in [5.74, 6) is -1.50. The van der Waals surface area contributed by atoms with Crippen molar-refractivity contribution in [3.63, 3.8) is 0 Å². The predicted octanol–water partition coefficient (Wildman–Crippen LogP) is 4.88. The maximum absolute atomic E-state index is 12.5. The molecule has 2 atom stereocenters. The zero-order chi connectivity index (χ0) is 21.7.